The van der Waals surface area contributed by atoms with Crippen LogP contribution in [0.4, 0.5) is 0 Å². The third-order valence-corrected chi connectivity index (χ3v) is 7.49. The van der Waals surface area contributed by atoms with E-state index in [-0.39, 0.29) is 31.1 Å². The average Bonchev–Trinajstić information content (AvgIpc) is 3.75. The number of benzene rings is 2. The van der Waals surface area contributed by atoms with Crippen molar-refractivity contribution in [3.8, 4) is 5.75 Å². The number of carbonyl (C=O) groups is 4. The minimum Gasteiger partial charge on any atom is -0.497 e. The average molecular weight is 581 g/mol. The smallest absolute Gasteiger partial charge is 0.243 e. The Bertz CT molecular complexity index is 1230. The van der Waals surface area contributed by atoms with Gasteiger partial charge in [-0.05, 0) is 43.5 Å². The molecule has 2 aromatic rings. The second kappa shape index (κ2) is 14.4. The zero-order valence-corrected chi connectivity index (χ0v) is 24.4. The van der Waals surface area contributed by atoms with Crippen LogP contribution in [0.25, 0.3) is 0 Å². The Kier molecular flexibility index (Phi) is 10.7. The van der Waals surface area contributed by atoms with Crippen LogP contribution < -0.4 is 20.7 Å². The molecule has 2 aromatic carbocycles. The molecule has 0 spiro atoms. The highest BCUT2D eigenvalue weighted by atomic mass is 16.6. The maximum atomic E-state index is 13.7. The van der Waals surface area contributed by atoms with Gasteiger partial charge < -0.3 is 30.2 Å². The molecule has 2 heterocycles. The molecule has 2 aliphatic heterocycles. The molecular formula is C31H40N4O7. The summed E-state index contributed by atoms with van der Waals surface area (Å²) in [4.78, 5) is 54.8. The number of methoxy groups -OCH3 is 1. The first-order valence-corrected chi connectivity index (χ1v) is 14.2. The first kappa shape index (κ1) is 31.1. The van der Waals surface area contributed by atoms with Gasteiger partial charge in [-0.1, -0.05) is 42.5 Å². The molecule has 1 unspecified atom stereocenters. The SMILES string of the molecule is COc1ccc(C[C@H](NC(=O)[C@H](C)NC(=O)CN2CCOCC2)C(=O)NC(Cc2ccccc2)C(=O)[C@]2(C)CO2)cc1. The van der Waals surface area contributed by atoms with Gasteiger partial charge in [-0.25, -0.2) is 0 Å². The highest BCUT2D eigenvalue weighted by molar-refractivity contribution is 5.98. The van der Waals surface area contributed by atoms with E-state index in [0.717, 1.165) is 11.1 Å². The number of ether oxygens (including phenoxy) is 3. The molecule has 0 aliphatic carbocycles. The Balaban J connectivity index is 1.46. The molecule has 11 nitrogen and oxygen atoms in total. The molecule has 0 aromatic heterocycles. The summed E-state index contributed by atoms with van der Waals surface area (Å²) in [6.45, 7) is 6.13. The lowest BCUT2D eigenvalue weighted by Crippen LogP contribution is -2.57. The van der Waals surface area contributed by atoms with Gasteiger partial charge in [0.05, 0.1) is 39.5 Å². The molecule has 2 saturated heterocycles. The van der Waals surface area contributed by atoms with E-state index < -0.39 is 35.5 Å². The topological polar surface area (TPSA) is 139 Å². The number of carbonyl (C=O) groups excluding carboxylic acids is 4. The second-order valence-corrected chi connectivity index (χ2v) is 10.9. The molecular weight excluding hydrogens is 540 g/mol. The molecule has 3 N–H and O–H groups in total. The molecule has 2 fully saturated rings. The van der Waals surface area contributed by atoms with E-state index in [1.807, 2.05) is 47.4 Å². The van der Waals surface area contributed by atoms with Gasteiger partial charge in [0.25, 0.3) is 0 Å². The van der Waals surface area contributed by atoms with Crippen LogP contribution in [-0.4, -0.2) is 98.7 Å². The molecule has 42 heavy (non-hydrogen) atoms. The van der Waals surface area contributed by atoms with Gasteiger partial charge in [-0.15, -0.1) is 0 Å². The van der Waals surface area contributed by atoms with E-state index in [9.17, 15) is 19.2 Å². The van der Waals surface area contributed by atoms with E-state index in [0.29, 0.717) is 38.7 Å². The molecule has 0 saturated carbocycles. The Hall–Kier alpha value is -3.80. The zero-order valence-electron chi connectivity index (χ0n) is 24.4. The first-order chi connectivity index (χ1) is 20.2. The summed E-state index contributed by atoms with van der Waals surface area (Å²) < 4.78 is 15.9. The second-order valence-electron chi connectivity index (χ2n) is 10.9. The van der Waals surface area contributed by atoms with E-state index in [1.165, 1.54) is 0 Å². The van der Waals surface area contributed by atoms with E-state index in [1.54, 1.807) is 33.1 Å². The Morgan fingerprint density at radius 2 is 1.48 bits per heavy atom. The number of amides is 3. The number of epoxide rings is 1. The summed E-state index contributed by atoms with van der Waals surface area (Å²) in [6, 6.07) is 13.8. The first-order valence-electron chi connectivity index (χ1n) is 14.2. The number of hydrogen-bond donors (Lipinski definition) is 3. The summed E-state index contributed by atoms with van der Waals surface area (Å²) in [5, 5.41) is 8.39. The Morgan fingerprint density at radius 3 is 2.10 bits per heavy atom. The van der Waals surface area contributed by atoms with Crippen molar-refractivity contribution in [2.24, 2.45) is 0 Å². The van der Waals surface area contributed by atoms with Crippen molar-refractivity contribution < 1.29 is 33.4 Å². The summed E-state index contributed by atoms with van der Waals surface area (Å²) in [7, 11) is 1.56. The van der Waals surface area contributed by atoms with Crippen molar-refractivity contribution in [3.05, 3.63) is 65.7 Å². The van der Waals surface area contributed by atoms with Crippen molar-refractivity contribution in [3.63, 3.8) is 0 Å². The molecule has 2 aliphatic rings. The van der Waals surface area contributed by atoms with E-state index in [2.05, 4.69) is 16.0 Å². The third-order valence-electron chi connectivity index (χ3n) is 7.49. The largest absolute Gasteiger partial charge is 0.497 e. The van der Waals surface area contributed by atoms with Crippen molar-refractivity contribution in [2.75, 3.05) is 46.6 Å². The zero-order chi connectivity index (χ0) is 30.1. The summed E-state index contributed by atoms with van der Waals surface area (Å²) >= 11 is 0. The highest BCUT2D eigenvalue weighted by Crippen LogP contribution is 2.29. The molecule has 3 amide bonds. The standard InChI is InChI=1S/C31H40N4O7/c1-21(32-27(36)19-35-13-15-41-16-14-35)29(38)34-26(18-23-9-11-24(40-3)12-10-23)30(39)33-25(28(37)31(2)20-42-31)17-22-7-5-4-6-8-22/h4-12,21,25-26H,13-20H2,1-3H3,(H,32,36)(H,33,39)(H,34,38)/t21-,25?,26-,31-/m0/s1. The highest BCUT2D eigenvalue weighted by Gasteiger charge is 2.50. The minimum atomic E-state index is -1.01. The third kappa shape index (κ3) is 8.85. The maximum Gasteiger partial charge on any atom is 0.243 e. The lowest BCUT2D eigenvalue weighted by atomic mass is 9.94. The van der Waals surface area contributed by atoms with Crippen molar-refractivity contribution in [1.82, 2.24) is 20.9 Å². The number of Topliss-reactive ketones (excluding diaryl/α,β-unsaturated/α-hetero) is 1. The Morgan fingerprint density at radius 1 is 0.881 bits per heavy atom. The summed E-state index contributed by atoms with van der Waals surface area (Å²) in [5.41, 5.74) is 0.720. The Labute approximate surface area is 246 Å². The predicted molar refractivity (Wildman–Crippen MR) is 155 cm³/mol. The van der Waals surface area contributed by atoms with Crippen molar-refractivity contribution in [1.29, 1.82) is 0 Å². The summed E-state index contributed by atoms with van der Waals surface area (Å²) in [6.07, 6.45) is 0.442. The lowest BCUT2D eigenvalue weighted by Gasteiger charge is -2.27. The van der Waals surface area contributed by atoms with Crippen LogP contribution in [0.2, 0.25) is 0 Å². The van der Waals surface area contributed by atoms with E-state index >= 15 is 0 Å². The minimum absolute atomic E-state index is 0.154. The maximum absolute atomic E-state index is 13.7. The van der Waals surface area contributed by atoms with Crippen LogP contribution in [0, 0.1) is 0 Å². The predicted octanol–water partition coefficient (Wildman–Crippen LogP) is 0.645. The van der Waals surface area contributed by atoms with Crippen LogP contribution >= 0.6 is 0 Å². The van der Waals surface area contributed by atoms with Crippen LogP contribution in [-0.2, 0) is 41.5 Å². The van der Waals surface area contributed by atoms with Gasteiger partial charge in [0.15, 0.2) is 5.78 Å². The number of ketones is 1. The number of rotatable bonds is 14. The molecule has 11 heteroatoms. The normalized spacial score (nSPS) is 20.5. The van der Waals surface area contributed by atoms with Gasteiger partial charge >= 0.3 is 0 Å². The van der Waals surface area contributed by atoms with Gasteiger partial charge in [-0.3, -0.25) is 24.1 Å². The van der Waals surface area contributed by atoms with Gasteiger partial charge in [-0.2, -0.15) is 0 Å². The van der Waals surface area contributed by atoms with Crippen LogP contribution in [0.15, 0.2) is 54.6 Å². The summed E-state index contributed by atoms with van der Waals surface area (Å²) in [5.74, 6) is -0.876. The van der Waals surface area contributed by atoms with Crippen molar-refractivity contribution >= 4 is 23.5 Å². The van der Waals surface area contributed by atoms with Crippen LogP contribution in [0.1, 0.15) is 25.0 Å². The fourth-order valence-corrected chi connectivity index (χ4v) is 4.77. The monoisotopic (exact) mass is 580 g/mol. The van der Waals surface area contributed by atoms with Crippen LogP contribution in [0.5, 0.6) is 5.75 Å². The van der Waals surface area contributed by atoms with Gasteiger partial charge in [0.1, 0.15) is 23.4 Å². The van der Waals surface area contributed by atoms with Crippen molar-refractivity contribution in [2.45, 2.75) is 50.4 Å². The lowest BCUT2D eigenvalue weighted by molar-refractivity contribution is -0.134. The fraction of sp³-hybridized carbons (Fsp3) is 0.484. The molecule has 0 bridgehead atoms. The van der Waals surface area contributed by atoms with E-state index in [4.69, 9.17) is 14.2 Å². The molecule has 4 rings (SSSR count). The number of morpholine rings is 1. The van der Waals surface area contributed by atoms with Crippen LogP contribution in [0.3, 0.4) is 0 Å². The van der Waals surface area contributed by atoms with Gasteiger partial charge in [0.2, 0.25) is 17.7 Å². The number of nitrogens with zero attached hydrogens (tertiary/aromatic N) is 1. The molecule has 226 valence electrons. The number of nitrogens with one attached hydrogen (secondary N) is 3. The fourth-order valence-electron chi connectivity index (χ4n) is 4.77. The quantitative estimate of drug-likeness (QED) is 0.277. The molecule has 4 atom stereocenters. The number of hydrogen-bond acceptors (Lipinski definition) is 8. The molecule has 0 radical (unpaired) electrons. The van der Waals surface area contributed by atoms with Gasteiger partial charge in [0, 0.05) is 19.5 Å².